The summed E-state index contributed by atoms with van der Waals surface area (Å²) in [6.45, 7) is 1.60. The Bertz CT molecular complexity index is 1280. The number of aromatic nitrogens is 2. The van der Waals surface area contributed by atoms with Crippen molar-refractivity contribution in [1.29, 1.82) is 0 Å². The first-order valence-electron chi connectivity index (χ1n) is 10.3. The highest BCUT2D eigenvalue weighted by molar-refractivity contribution is 7.16. The van der Waals surface area contributed by atoms with Crippen LogP contribution in [-0.4, -0.2) is 34.9 Å². The zero-order chi connectivity index (χ0) is 22.2. The van der Waals surface area contributed by atoms with Crippen LogP contribution < -0.4 is 10.6 Å². The number of halogens is 2. The third-order valence-corrected chi connectivity index (χ3v) is 7.31. The Balaban J connectivity index is 1.47. The number of nitrogens with two attached hydrogens (primary N) is 1. The van der Waals surface area contributed by atoms with Gasteiger partial charge in [0.2, 0.25) is 0 Å². The Morgan fingerprint density at radius 2 is 2.03 bits per heavy atom. The average Bonchev–Trinajstić information content (AvgIpc) is 3.43. The molecule has 9 heteroatoms. The lowest BCUT2D eigenvalue weighted by atomic mass is 10.0. The molecular weight excluding hydrogens is 450 g/mol. The van der Waals surface area contributed by atoms with Gasteiger partial charge in [-0.2, -0.15) is 0 Å². The summed E-state index contributed by atoms with van der Waals surface area (Å²) < 4.78 is 28.2. The summed E-state index contributed by atoms with van der Waals surface area (Å²) in [6.07, 6.45) is 3.82. The Morgan fingerprint density at radius 1 is 1.22 bits per heavy atom. The van der Waals surface area contributed by atoms with Gasteiger partial charge in [-0.3, -0.25) is 4.79 Å². The third-order valence-electron chi connectivity index (χ3n) is 5.63. The number of carbonyl (C=O) groups is 1. The highest BCUT2D eigenvalue weighted by atomic mass is 32.1. The molecule has 4 aromatic rings. The van der Waals surface area contributed by atoms with Crippen molar-refractivity contribution in [2.24, 2.45) is 5.73 Å². The quantitative estimate of drug-likeness (QED) is 0.413. The Hall–Kier alpha value is -2.75. The van der Waals surface area contributed by atoms with Gasteiger partial charge in [-0.05, 0) is 36.4 Å². The summed E-state index contributed by atoms with van der Waals surface area (Å²) >= 11 is 2.61. The van der Waals surface area contributed by atoms with Gasteiger partial charge in [0.1, 0.15) is 27.2 Å². The highest BCUT2D eigenvalue weighted by Crippen LogP contribution is 2.35. The van der Waals surface area contributed by atoms with Gasteiger partial charge in [-0.25, -0.2) is 18.7 Å². The summed E-state index contributed by atoms with van der Waals surface area (Å²) in [6, 6.07) is 5.77. The number of thiazole rings is 1. The second-order valence-electron chi connectivity index (χ2n) is 7.85. The maximum Gasteiger partial charge on any atom is 0.186 e. The molecule has 1 aliphatic rings. The number of nitrogens with zero attached hydrogens (tertiary/aromatic N) is 3. The zero-order valence-electron chi connectivity index (χ0n) is 17.1. The number of fused-ring (bicyclic) bond motifs is 1. The molecule has 0 unspecified atom stereocenters. The molecule has 1 aliphatic heterocycles. The molecule has 1 saturated heterocycles. The summed E-state index contributed by atoms with van der Waals surface area (Å²) in [7, 11) is 0. The fraction of sp³-hybridized carbons (Fsp3) is 0.261. The Morgan fingerprint density at radius 3 is 2.81 bits per heavy atom. The van der Waals surface area contributed by atoms with Crippen molar-refractivity contribution in [2.75, 3.05) is 18.0 Å². The van der Waals surface area contributed by atoms with E-state index in [9.17, 15) is 13.6 Å². The predicted octanol–water partition coefficient (Wildman–Crippen LogP) is 5.05. The van der Waals surface area contributed by atoms with Gasteiger partial charge < -0.3 is 10.6 Å². The molecule has 5 nitrogen and oxygen atoms in total. The van der Waals surface area contributed by atoms with E-state index in [0.29, 0.717) is 0 Å². The van der Waals surface area contributed by atoms with Crippen molar-refractivity contribution in [2.45, 2.75) is 25.3 Å². The molecule has 1 atom stereocenters. The lowest BCUT2D eigenvalue weighted by molar-refractivity contribution is 0.0989. The maximum atomic E-state index is 14.1. The number of anilines is 1. The highest BCUT2D eigenvalue weighted by Gasteiger charge is 2.24. The number of piperidine rings is 1. The first kappa shape index (κ1) is 21.1. The molecule has 0 amide bonds. The molecule has 2 N–H and O–H groups in total. The number of Topliss-reactive ketones (excluding diaryl/α,β-unsaturated/α-hetero) is 1. The van der Waals surface area contributed by atoms with Crippen LogP contribution in [0.3, 0.4) is 0 Å². The summed E-state index contributed by atoms with van der Waals surface area (Å²) in [5.41, 5.74) is 8.00. The van der Waals surface area contributed by atoms with Crippen LogP contribution in [0, 0.1) is 11.6 Å². The van der Waals surface area contributed by atoms with E-state index in [4.69, 9.17) is 5.73 Å². The molecule has 0 saturated carbocycles. The first-order valence-corrected chi connectivity index (χ1v) is 12.1. The third kappa shape index (κ3) is 3.92. The van der Waals surface area contributed by atoms with Crippen LogP contribution in [0.25, 0.3) is 20.8 Å². The molecular formula is C23H20F2N4OS2. The lowest BCUT2D eigenvalue weighted by Crippen LogP contribution is -2.43. The van der Waals surface area contributed by atoms with Crippen LogP contribution in [0.15, 0.2) is 41.2 Å². The number of benzene rings is 1. The first-order chi connectivity index (χ1) is 15.5. The number of rotatable bonds is 5. The van der Waals surface area contributed by atoms with Crippen LogP contribution in [0.1, 0.15) is 28.9 Å². The maximum absolute atomic E-state index is 14.1. The molecule has 4 heterocycles. The van der Waals surface area contributed by atoms with Crippen molar-refractivity contribution in [3.63, 3.8) is 0 Å². The van der Waals surface area contributed by atoms with Gasteiger partial charge in [-0.15, -0.1) is 22.7 Å². The van der Waals surface area contributed by atoms with E-state index >= 15 is 0 Å². The van der Waals surface area contributed by atoms with Crippen molar-refractivity contribution in [3.05, 3.63) is 64.1 Å². The van der Waals surface area contributed by atoms with Crippen molar-refractivity contribution >= 4 is 44.4 Å². The van der Waals surface area contributed by atoms with E-state index in [-0.39, 0.29) is 34.5 Å². The number of thiophene rings is 1. The number of hydrogen-bond acceptors (Lipinski definition) is 7. The minimum atomic E-state index is -0.700. The summed E-state index contributed by atoms with van der Waals surface area (Å²) in [4.78, 5) is 25.0. The number of ketones is 1. The normalized spacial score (nSPS) is 16.6. The SMILES string of the molecule is N[C@H]1CCCN(c2c(CC(=O)c3csc(-c4c(F)cccc4F)n3)cnc3sccc23)C1. The second kappa shape index (κ2) is 8.65. The second-order valence-corrected chi connectivity index (χ2v) is 9.61. The van der Waals surface area contributed by atoms with Crippen LogP contribution >= 0.6 is 22.7 Å². The molecule has 32 heavy (non-hydrogen) atoms. The number of carbonyl (C=O) groups excluding carboxylic acids is 1. The average molecular weight is 471 g/mol. The monoisotopic (exact) mass is 470 g/mol. The molecule has 1 aromatic carbocycles. The standard InChI is InChI=1S/C23H20F2N4OS2/c24-16-4-1-5-17(25)20(16)23-28-18(12-32-23)19(30)9-13-10-27-22-15(6-8-31-22)21(13)29-7-2-3-14(26)11-29/h1,4-6,8,10,12,14H,2-3,7,9,11,26H2/t14-/m0/s1. The van der Waals surface area contributed by atoms with E-state index in [0.717, 1.165) is 58.7 Å². The van der Waals surface area contributed by atoms with Crippen LogP contribution in [0.4, 0.5) is 14.5 Å². The number of hydrogen-bond donors (Lipinski definition) is 1. The van der Waals surface area contributed by atoms with Gasteiger partial charge in [0.25, 0.3) is 0 Å². The van der Waals surface area contributed by atoms with Crippen LogP contribution in [-0.2, 0) is 6.42 Å². The topological polar surface area (TPSA) is 72.1 Å². The number of pyridine rings is 1. The van der Waals surface area contributed by atoms with Crippen molar-refractivity contribution in [1.82, 2.24) is 9.97 Å². The molecule has 1 fully saturated rings. The van der Waals surface area contributed by atoms with Gasteiger partial charge in [0.15, 0.2) is 5.78 Å². The largest absolute Gasteiger partial charge is 0.369 e. The van der Waals surface area contributed by atoms with Gasteiger partial charge in [0, 0.05) is 48.1 Å². The van der Waals surface area contributed by atoms with Crippen molar-refractivity contribution in [3.8, 4) is 10.6 Å². The molecule has 3 aromatic heterocycles. The molecule has 5 rings (SSSR count). The van der Waals surface area contributed by atoms with Crippen LogP contribution in [0.5, 0.6) is 0 Å². The molecule has 0 radical (unpaired) electrons. The van der Waals surface area contributed by atoms with E-state index in [2.05, 4.69) is 14.9 Å². The smallest absolute Gasteiger partial charge is 0.186 e. The molecule has 0 spiro atoms. The Labute approximate surface area is 191 Å². The Kier molecular flexibility index (Phi) is 5.71. The summed E-state index contributed by atoms with van der Waals surface area (Å²) in [5.74, 6) is -1.62. The van der Waals surface area contributed by atoms with Gasteiger partial charge in [0.05, 0.1) is 11.3 Å². The van der Waals surface area contributed by atoms with Crippen LogP contribution in [0.2, 0.25) is 0 Å². The van der Waals surface area contributed by atoms with E-state index in [1.807, 2.05) is 11.4 Å². The summed E-state index contributed by atoms with van der Waals surface area (Å²) in [5, 5.41) is 4.71. The predicted molar refractivity (Wildman–Crippen MR) is 125 cm³/mol. The van der Waals surface area contributed by atoms with Gasteiger partial charge >= 0.3 is 0 Å². The zero-order valence-corrected chi connectivity index (χ0v) is 18.7. The minimum Gasteiger partial charge on any atom is -0.369 e. The van der Waals surface area contributed by atoms with Crippen molar-refractivity contribution < 1.29 is 13.6 Å². The molecule has 0 bridgehead atoms. The van der Waals surface area contributed by atoms with Gasteiger partial charge in [-0.1, -0.05) is 6.07 Å². The van der Waals surface area contributed by atoms with E-state index in [1.54, 1.807) is 22.9 Å². The lowest BCUT2D eigenvalue weighted by Gasteiger charge is -2.34. The van der Waals surface area contributed by atoms with E-state index in [1.165, 1.54) is 18.2 Å². The molecule has 0 aliphatic carbocycles. The minimum absolute atomic E-state index is 0.0888. The molecule has 164 valence electrons. The van der Waals surface area contributed by atoms with E-state index < -0.39 is 11.6 Å². The fourth-order valence-electron chi connectivity index (χ4n) is 4.15. The fourth-order valence-corrected chi connectivity index (χ4v) is 5.76.